The van der Waals surface area contributed by atoms with E-state index in [1.807, 2.05) is 60.8 Å². The molecule has 23 heavy (non-hydrogen) atoms. The topological polar surface area (TPSA) is 37.8 Å². The second-order valence-electron chi connectivity index (χ2n) is 5.32. The normalized spacial score (nSPS) is 10.6. The monoisotopic (exact) mass is 297 g/mol. The first-order valence-electron chi connectivity index (χ1n) is 7.53. The summed E-state index contributed by atoms with van der Waals surface area (Å²) in [6, 6.07) is 26.5. The van der Waals surface area contributed by atoms with Gasteiger partial charge in [0.15, 0.2) is 0 Å². The Morgan fingerprint density at radius 1 is 0.696 bits per heavy atom. The van der Waals surface area contributed by atoms with Gasteiger partial charge in [-0.25, -0.2) is 9.97 Å². The second kappa shape index (κ2) is 5.89. The zero-order valence-electron chi connectivity index (χ0n) is 12.5. The van der Waals surface area contributed by atoms with Gasteiger partial charge < -0.3 is 5.32 Å². The van der Waals surface area contributed by atoms with Crippen LogP contribution in [0, 0.1) is 0 Å². The maximum Gasteiger partial charge on any atom is 0.227 e. The van der Waals surface area contributed by atoms with Gasteiger partial charge in [0.1, 0.15) is 0 Å². The summed E-state index contributed by atoms with van der Waals surface area (Å²) in [4.78, 5) is 9.00. The van der Waals surface area contributed by atoms with E-state index in [4.69, 9.17) is 0 Å². The van der Waals surface area contributed by atoms with Crippen molar-refractivity contribution in [1.82, 2.24) is 9.97 Å². The van der Waals surface area contributed by atoms with Crippen molar-refractivity contribution in [2.75, 3.05) is 5.32 Å². The van der Waals surface area contributed by atoms with Crippen LogP contribution in [-0.2, 0) is 0 Å². The van der Waals surface area contributed by atoms with Crippen LogP contribution in [0.3, 0.4) is 0 Å². The smallest absolute Gasteiger partial charge is 0.227 e. The molecule has 0 saturated heterocycles. The minimum Gasteiger partial charge on any atom is -0.324 e. The highest BCUT2D eigenvalue weighted by atomic mass is 15.1. The molecule has 1 aromatic heterocycles. The molecule has 0 atom stereocenters. The van der Waals surface area contributed by atoms with Crippen LogP contribution < -0.4 is 5.32 Å². The van der Waals surface area contributed by atoms with E-state index in [9.17, 15) is 0 Å². The van der Waals surface area contributed by atoms with Gasteiger partial charge in [-0.3, -0.25) is 0 Å². The maximum atomic E-state index is 4.58. The number of nitrogens with one attached hydrogen (secondary N) is 1. The second-order valence-corrected chi connectivity index (χ2v) is 5.32. The summed E-state index contributed by atoms with van der Waals surface area (Å²) in [5.41, 5.74) is 4.28. The lowest BCUT2D eigenvalue weighted by atomic mass is 10.0. The van der Waals surface area contributed by atoms with Crippen LogP contribution in [0.5, 0.6) is 0 Å². The van der Waals surface area contributed by atoms with E-state index in [2.05, 4.69) is 39.6 Å². The minimum absolute atomic E-state index is 0.608. The lowest BCUT2D eigenvalue weighted by Crippen LogP contribution is -1.96. The van der Waals surface area contributed by atoms with Crippen LogP contribution in [0.2, 0.25) is 0 Å². The Hall–Kier alpha value is -3.20. The predicted molar refractivity (Wildman–Crippen MR) is 94.7 cm³/mol. The molecule has 3 nitrogen and oxygen atoms in total. The molecule has 1 N–H and O–H groups in total. The molecule has 0 fully saturated rings. The van der Waals surface area contributed by atoms with Crippen molar-refractivity contribution in [3.05, 3.63) is 85.1 Å². The van der Waals surface area contributed by atoms with Gasteiger partial charge in [0, 0.05) is 17.3 Å². The van der Waals surface area contributed by atoms with Crippen LogP contribution in [0.1, 0.15) is 0 Å². The largest absolute Gasteiger partial charge is 0.324 e. The van der Waals surface area contributed by atoms with E-state index in [0.29, 0.717) is 5.95 Å². The first-order valence-corrected chi connectivity index (χ1v) is 7.53. The number of benzene rings is 3. The zero-order valence-corrected chi connectivity index (χ0v) is 12.5. The Morgan fingerprint density at radius 3 is 2.22 bits per heavy atom. The molecule has 0 unspecified atom stereocenters. The number of aromatic nitrogens is 2. The number of hydrogen-bond donors (Lipinski definition) is 1. The predicted octanol–water partition coefficient (Wildman–Crippen LogP) is 5.04. The van der Waals surface area contributed by atoms with Crippen molar-refractivity contribution in [2.45, 2.75) is 0 Å². The molecule has 4 aromatic rings. The molecule has 4 rings (SSSR count). The standard InChI is InChI=1S/C20H15N3/c1-3-7-15(8-4-1)16-11-12-19-17(13-16)14-21-20(23-19)22-18-9-5-2-6-10-18/h1-14H,(H,21,22,23). The molecule has 0 bridgehead atoms. The van der Waals surface area contributed by atoms with E-state index in [1.165, 1.54) is 11.1 Å². The molecule has 0 aliphatic rings. The van der Waals surface area contributed by atoms with E-state index in [-0.39, 0.29) is 0 Å². The molecular weight excluding hydrogens is 282 g/mol. The highest BCUT2D eigenvalue weighted by molar-refractivity contribution is 5.84. The Kier molecular flexibility index (Phi) is 3.45. The Labute approximate surface area is 134 Å². The van der Waals surface area contributed by atoms with E-state index >= 15 is 0 Å². The number of hydrogen-bond acceptors (Lipinski definition) is 3. The Bertz CT molecular complexity index is 935. The Balaban J connectivity index is 1.68. The fourth-order valence-corrected chi connectivity index (χ4v) is 2.55. The van der Waals surface area contributed by atoms with Gasteiger partial charge in [0.25, 0.3) is 0 Å². The molecule has 3 aromatic carbocycles. The maximum absolute atomic E-state index is 4.58. The summed E-state index contributed by atoms with van der Waals surface area (Å²) in [5.74, 6) is 0.608. The number of anilines is 2. The quantitative estimate of drug-likeness (QED) is 0.575. The average Bonchev–Trinajstić information content (AvgIpc) is 2.63. The van der Waals surface area contributed by atoms with E-state index in [1.54, 1.807) is 0 Å². The van der Waals surface area contributed by atoms with Gasteiger partial charge in [-0.1, -0.05) is 54.6 Å². The van der Waals surface area contributed by atoms with Crippen molar-refractivity contribution in [2.24, 2.45) is 0 Å². The number of fused-ring (bicyclic) bond motifs is 1. The third-order valence-electron chi connectivity index (χ3n) is 3.72. The summed E-state index contributed by atoms with van der Waals surface area (Å²) in [7, 11) is 0. The summed E-state index contributed by atoms with van der Waals surface area (Å²) in [5, 5.41) is 4.25. The molecule has 0 spiro atoms. The van der Waals surface area contributed by atoms with Crippen LogP contribution in [0.25, 0.3) is 22.0 Å². The molecule has 0 saturated carbocycles. The summed E-state index contributed by atoms with van der Waals surface area (Å²) in [6.45, 7) is 0. The highest BCUT2D eigenvalue weighted by Gasteiger charge is 2.03. The van der Waals surface area contributed by atoms with Gasteiger partial charge in [-0.2, -0.15) is 0 Å². The number of para-hydroxylation sites is 1. The molecule has 0 amide bonds. The summed E-state index contributed by atoms with van der Waals surface area (Å²) < 4.78 is 0. The zero-order chi connectivity index (χ0) is 15.5. The van der Waals surface area contributed by atoms with Crippen molar-refractivity contribution in [3.63, 3.8) is 0 Å². The van der Waals surface area contributed by atoms with Crippen LogP contribution >= 0.6 is 0 Å². The molecular formula is C20H15N3. The lowest BCUT2D eigenvalue weighted by molar-refractivity contribution is 1.21. The van der Waals surface area contributed by atoms with Crippen LogP contribution in [-0.4, -0.2) is 9.97 Å². The third kappa shape index (κ3) is 2.90. The van der Waals surface area contributed by atoms with Gasteiger partial charge in [-0.15, -0.1) is 0 Å². The van der Waals surface area contributed by atoms with Crippen LogP contribution in [0.4, 0.5) is 11.6 Å². The average molecular weight is 297 g/mol. The fraction of sp³-hybridized carbons (Fsp3) is 0. The molecule has 0 aliphatic heterocycles. The number of nitrogens with zero attached hydrogens (tertiary/aromatic N) is 2. The first kappa shape index (κ1) is 13.5. The van der Waals surface area contributed by atoms with Gasteiger partial charge in [-0.05, 0) is 35.4 Å². The molecule has 3 heteroatoms. The molecule has 110 valence electrons. The molecule has 0 radical (unpaired) electrons. The van der Waals surface area contributed by atoms with Gasteiger partial charge in [0.05, 0.1) is 5.52 Å². The molecule has 0 aliphatic carbocycles. The van der Waals surface area contributed by atoms with E-state index in [0.717, 1.165) is 16.6 Å². The van der Waals surface area contributed by atoms with Crippen molar-refractivity contribution < 1.29 is 0 Å². The van der Waals surface area contributed by atoms with Gasteiger partial charge in [0.2, 0.25) is 5.95 Å². The van der Waals surface area contributed by atoms with E-state index < -0.39 is 0 Å². The highest BCUT2D eigenvalue weighted by Crippen LogP contribution is 2.24. The lowest BCUT2D eigenvalue weighted by Gasteiger charge is -2.07. The minimum atomic E-state index is 0.608. The summed E-state index contributed by atoms with van der Waals surface area (Å²) in [6.07, 6.45) is 1.86. The van der Waals surface area contributed by atoms with Crippen molar-refractivity contribution >= 4 is 22.5 Å². The SMILES string of the molecule is c1ccc(Nc2ncc3cc(-c4ccccc4)ccc3n2)cc1. The van der Waals surface area contributed by atoms with Crippen LogP contribution in [0.15, 0.2) is 85.1 Å². The molecule has 1 heterocycles. The van der Waals surface area contributed by atoms with Crippen molar-refractivity contribution in [3.8, 4) is 11.1 Å². The first-order chi connectivity index (χ1) is 11.4. The number of rotatable bonds is 3. The Morgan fingerprint density at radius 2 is 1.43 bits per heavy atom. The third-order valence-corrected chi connectivity index (χ3v) is 3.72. The summed E-state index contributed by atoms with van der Waals surface area (Å²) >= 11 is 0. The fourth-order valence-electron chi connectivity index (χ4n) is 2.55. The van der Waals surface area contributed by atoms with Gasteiger partial charge >= 0.3 is 0 Å². The van der Waals surface area contributed by atoms with Crippen molar-refractivity contribution in [1.29, 1.82) is 0 Å².